The van der Waals surface area contributed by atoms with E-state index in [1.807, 2.05) is 0 Å². The topological polar surface area (TPSA) is 49.9 Å². The molecule has 5 nitrogen and oxygen atoms in total. The van der Waals surface area contributed by atoms with Gasteiger partial charge in [0, 0.05) is 36.8 Å². The first-order valence-corrected chi connectivity index (χ1v) is 6.87. The summed E-state index contributed by atoms with van der Waals surface area (Å²) in [4.78, 5) is 27.2. The minimum Gasteiger partial charge on any atom is -0.453 e. The molecule has 1 aromatic rings. The van der Waals surface area contributed by atoms with Crippen LogP contribution in [-0.4, -0.2) is 55.1 Å². The van der Waals surface area contributed by atoms with E-state index in [-0.39, 0.29) is 12.0 Å². The molecule has 1 aliphatic rings. The summed E-state index contributed by atoms with van der Waals surface area (Å²) in [6, 6.07) is 6.84. The summed E-state index contributed by atoms with van der Waals surface area (Å²) in [6.07, 6.45) is 0.403. The van der Waals surface area contributed by atoms with E-state index in [0.717, 1.165) is 6.42 Å². The first kappa shape index (κ1) is 14.7. The highest BCUT2D eigenvalue weighted by molar-refractivity contribution is 6.30. The van der Waals surface area contributed by atoms with Gasteiger partial charge >= 0.3 is 6.09 Å². The number of carbonyl (C=O) groups is 2. The number of amides is 2. The Kier molecular flexibility index (Phi) is 4.84. The van der Waals surface area contributed by atoms with Crippen LogP contribution in [-0.2, 0) is 4.74 Å². The maximum Gasteiger partial charge on any atom is 0.409 e. The Bertz CT molecular complexity index is 490. The van der Waals surface area contributed by atoms with E-state index in [1.165, 1.54) is 7.11 Å². The maximum atomic E-state index is 12.4. The minimum atomic E-state index is -0.342. The van der Waals surface area contributed by atoms with Crippen LogP contribution < -0.4 is 0 Å². The van der Waals surface area contributed by atoms with Crippen molar-refractivity contribution in [2.45, 2.75) is 6.42 Å². The molecule has 6 heteroatoms. The van der Waals surface area contributed by atoms with Crippen LogP contribution in [0, 0.1) is 0 Å². The van der Waals surface area contributed by atoms with Gasteiger partial charge in [-0.1, -0.05) is 11.6 Å². The molecule has 0 atom stereocenters. The summed E-state index contributed by atoms with van der Waals surface area (Å²) in [7, 11) is 1.36. The molecule has 0 radical (unpaired) electrons. The summed E-state index contributed by atoms with van der Waals surface area (Å²) in [6.45, 7) is 2.24. The Balaban J connectivity index is 2.01. The molecule has 2 amide bonds. The highest BCUT2D eigenvalue weighted by atomic mass is 35.5. The van der Waals surface area contributed by atoms with Gasteiger partial charge in [-0.2, -0.15) is 0 Å². The Morgan fingerprint density at radius 2 is 1.65 bits per heavy atom. The van der Waals surface area contributed by atoms with E-state index >= 15 is 0 Å². The van der Waals surface area contributed by atoms with Crippen molar-refractivity contribution in [3.63, 3.8) is 0 Å². The Morgan fingerprint density at radius 3 is 2.30 bits per heavy atom. The molecule has 0 N–H and O–H groups in total. The third-order valence-corrected chi connectivity index (χ3v) is 3.56. The summed E-state index contributed by atoms with van der Waals surface area (Å²) in [5.74, 6) is -0.0339. The number of methoxy groups -OCH3 is 1. The molecule has 1 aliphatic heterocycles. The molecule has 0 spiro atoms. The standard InChI is InChI=1S/C14H17ClN2O3/c1-20-14(19)17-8-2-7-16(9-10-17)13(18)11-3-5-12(15)6-4-11/h3-6H,2,7-10H2,1H3. The van der Waals surface area contributed by atoms with Crippen LogP contribution in [0.3, 0.4) is 0 Å². The van der Waals surface area contributed by atoms with Crippen LogP contribution in [0.1, 0.15) is 16.8 Å². The van der Waals surface area contributed by atoms with Crippen molar-refractivity contribution in [1.29, 1.82) is 0 Å². The van der Waals surface area contributed by atoms with Gasteiger partial charge in [-0.15, -0.1) is 0 Å². The Hall–Kier alpha value is -1.75. The maximum absolute atomic E-state index is 12.4. The minimum absolute atomic E-state index is 0.0339. The van der Waals surface area contributed by atoms with E-state index < -0.39 is 0 Å². The van der Waals surface area contributed by atoms with Crippen molar-refractivity contribution < 1.29 is 14.3 Å². The molecule has 1 saturated heterocycles. The lowest BCUT2D eigenvalue weighted by Gasteiger charge is -2.21. The van der Waals surface area contributed by atoms with Crippen LogP contribution in [0.25, 0.3) is 0 Å². The van der Waals surface area contributed by atoms with Gasteiger partial charge in [-0.25, -0.2) is 4.79 Å². The third kappa shape index (κ3) is 3.42. The zero-order valence-corrected chi connectivity index (χ0v) is 12.1. The number of halogens is 1. The molecule has 0 bridgehead atoms. The van der Waals surface area contributed by atoms with Gasteiger partial charge in [0.05, 0.1) is 7.11 Å². The molecule has 108 valence electrons. The van der Waals surface area contributed by atoms with E-state index in [4.69, 9.17) is 16.3 Å². The van der Waals surface area contributed by atoms with E-state index in [2.05, 4.69) is 0 Å². The number of nitrogens with zero attached hydrogens (tertiary/aromatic N) is 2. The van der Waals surface area contributed by atoms with Gasteiger partial charge in [0.25, 0.3) is 5.91 Å². The average molecular weight is 297 g/mol. The van der Waals surface area contributed by atoms with Gasteiger partial charge in [0.1, 0.15) is 0 Å². The van der Waals surface area contributed by atoms with E-state index in [1.54, 1.807) is 34.1 Å². The van der Waals surface area contributed by atoms with Crippen LogP contribution in [0.5, 0.6) is 0 Å². The molecule has 20 heavy (non-hydrogen) atoms. The quantitative estimate of drug-likeness (QED) is 0.799. The molecule has 0 aliphatic carbocycles. The largest absolute Gasteiger partial charge is 0.453 e. The lowest BCUT2D eigenvalue weighted by atomic mass is 10.2. The predicted octanol–water partition coefficient (Wildman–Crippen LogP) is 2.25. The second-order valence-corrected chi connectivity index (χ2v) is 5.05. The molecule has 0 saturated carbocycles. The first-order valence-electron chi connectivity index (χ1n) is 6.49. The highest BCUT2D eigenvalue weighted by Crippen LogP contribution is 2.13. The van der Waals surface area contributed by atoms with Crippen molar-refractivity contribution in [3.8, 4) is 0 Å². The summed E-state index contributed by atoms with van der Waals surface area (Å²) < 4.78 is 4.71. The molecule has 0 unspecified atom stereocenters. The second-order valence-electron chi connectivity index (χ2n) is 4.61. The molecule has 1 aromatic carbocycles. The highest BCUT2D eigenvalue weighted by Gasteiger charge is 2.22. The summed E-state index contributed by atoms with van der Waals surface area (Å²) in [5.41, 5.74) is 0.612. The zero-order chi connectivity index (χ0) is 14.5. The fraction of sp³-hybridized carbons (Fsp3) is 0.429. The van der Waals surface area contributed by atoms with Crippen molar-refractivity contribution in [1.82, 2.24) is 9.80 Å². The zero-order valence-electron chi connectivity index (χ0n) is 11.3. The summed E-state index contributed by atoms with van der Waals surface area (Å²) in [5, 5.41) is 0.606. The van der Waals surface area contributed by atoms with Gasteiger partial charge in [-0.3, -0.25) is 4.79 Å². The van der Waals surface area contributed by atoms with Gasteiger partial charge < -0.3 is 14.5 Å². The normalized spacial score (nSPS) is 15.7. The number of carbonyl (C=O) groups excluding carboxylic acids is 2. The number of benzene rings is 1. The van der Waals surface area contributed by atoms with Crippen molar-refractivity contribution >= 4 is 23.6 Å². The molecule has 0 aromatic heterocycles. The molecule has 1 fully saturated rings. The number of hydrogen-bond donors (Lipinski definition) is 0. The Morgan fingerprint density at radius 1 is 1.05 bits per heavy atom. The van der Waals surface area contributed by atoms with E-state index in [0.29, 0.717) is 36.8 Å². The number of ether oxygens (including phenoxy) is 1. The van der Waals surface area contributed by atoms with E-state index in [9.17, 15) is 9.59 Å². The molecular formula is C14H17ClN2O3. The smallest absolute Gasteiger partial charge is 0.409 e. The fourth-order valence-corrected chi connectivity index (χ4v) is 2.33. The molecule has 1 heterocycles. The lowest BCUT2D eigenvalue weighted by Crippen LogP contribution is -2.37. The fourth-order valence-electron chi connectivity index (χ4n) is 2.21. The lowest BCUT2D eigenvalue weighted by molar-refractivity contribution is 0.0757. The second kappa shape index (κ2) is 6.61. The molecule has 2 rings (SSSR count). The monoisotopic (exact) mass is 296 g/mol. The number of hydrogen-bond acceptors (Lipinski definition) is 3. The third-order valence-electron chi connectivity index (χ3n) is 3.31. The average Bonchev–Trinajstić information content (AvgIpc) is 2.72. The first-order chi connectivity index (χ1) is 9.61. The van der Waals surface area contributed by atoms with Gasteiger partial charge in [-0.05, 0) is 30.7 Å². The van der Waals surface area contributed by atoms with Gasteiger partial charge in [0.2, 0.25) is 0 Å². The van der Waals surface area contributed by atoms with Crippen LogP contribution in [0.2, 0.25) is 5.02 Å². The predicted molar refractivity (Wildman–Crippen MR) is 76.0 cm³/mol. The number of rotatable bonds is 1. The van der Waals surface area contributed by atoms with Crippen molar-refractivity contribution in [3.05, 3.63) is 34.9 Å². The van der Waals surface area contributed by atoms with Crippen molar-refractivity contribution in [2.75, 3.05) is 33.3 Å². The van der Waals surface area contributed by atoms with Crippen LogP contribution in [0.15, 0.2) is 24.3 Å². The Labute approximate surface area is 123 Å². The molecular weight excluding hydrogens is 280 g/mol. The summed E-state index contributed by atoms with van der Waals surface area (Å²) >= 11 is 5.82. The van der Waals surface area contributed by atoms with Gasteiger partial charge in [0.15, 0.2) is 0 Å². The van der Waals surface area contributed by atoms with Crippen LogP contribution >= 0.6 is 11.6 Å². The van der Waals surface area contributed by atoms with Crippen LogP contribution in [0.4, 0.5) is 4.79 Å². The SMILES string of the molecule is COC(=O)N1CCCN(C(=O)c2ccc(Cl)cc2)CC1. The van der Waals surface area contributed by atoms with Crippen molar-refractivity contribution in [2.24, 2.45) is 0 Å².